The topological polar surface area (TPSA) is 102 Å². The Morgan fingerprint density at radius 1 is 1.00 bits per heavy atom. The van der Waals surface area contributed by atoms with Crippen LogP contribution in [-0.2, 0) is 9.53 Å². The molecule has 8 heteroatoms. The van der Waals surface area contributed by atoms with Crippen molar-refractivity contribution in [2.45, 2.75) is 6.92 Å². The molecule has 1 aliphatic heterocycles. The molecule has 0 saturated heterocycles. The highest BCUT2D eigenvalue weighted by molar-refractivity contribution is 6.34. The lowest BCUT2D eigenvalue weighted by Crippen LogP contribution is -2.29. The predicted molar refractivity (Wildman–Crippen MR) is 99.5 cm³/mol. The van der Waals surface area contributed by atoms with Crippen LogP contribution in [0.1, 0.15) is 38.0 Å². The van der Waals surface area contributed by atoms with Gasteiger partial charge in [-0.15, -0.1) is 0 Å². The van der Waals surface area contributed by atoms with Crippen molar-refractivity contribution in [1.82, 2.24) is 5.32 Å². The maximum Gasteiger partial charge on any atom is 0.338 e. The summed E-state index contributed by atoms with van der Waals surface area (Å²) in [6.45, 7) is 1.93. The van der Waals surface area contributed by atoms with Gasteiger partial charge >= 0.3 is 5.97 Å². The first kappa shape index (κ1) is 19.1. The largest absolute Gasteiger partial charge is 0.494 e. The van der Waals surface area contributed by atoms with Gasteiger partial charge in [0.1, 0.15) is 5.75 Å². The second-order valence-corrected chi connectivity index (χ2v) is 5.88. The highest BCUT2D eigenvalue weighted by Crippen LogP contribution is 2.30. The number of rotatable bonds is 6. The molecule has 0 fully saturated rings. The van der Waals surface area contributed by atoms with Crippen LogP contribution < -0.4 is 15.0 Å². The van der Waals surface area contributed by atoms with Crippen LogP contribution in [0.25, 0.3) is 0 Å². The van der Waals surface area contributed by atoms with Crippen LogP contribution in [0.5, 0.6) is 5.75 Å². The molecule has 28 heavy (non-hydrogen) atoms. The Bertz CT molecular complexity index is 952. The summed E-state index contributed by atoms with van der Waals surface area (Å²) < 4.78 is 10.2. The molecule has 0 radical (unpaired) electrons. The van der Waals surface area contributed by atoms with Crippen molar-refractivity contribution in [1.29, 1.82) is 0 Å². The van der Waals surface area contributed by atoms with E-state index in [1.54, 1.807) is 24.3 Å². The molecule has 0 atom stereocenters. The predicted octanol–water partition coefficient (Wildman–Crippen LogP) is 1.79. The number of likely N-dealkylation sites (N-methyl/N-ethyl adjacent to an activating group) is 1. The molecule has 0 saturated carbocycles. The first-order chi connectivity index (χ1) is 13.5. The van der Waals surface area contributed by atoms with Crippen LogP contribution in [0.15, 0.2) is 42.5 Å². The van der Waals surface area contributed by atoms with Crippen molar-refractivity contribution < 1.29 is 28.7 Å². The highest BCUT2D eigenvalue weighted by atomic mass is 16.5. The van der Waals surface area contributed by atoms with Gasteiger partial charge in [-0.3, -0.25) is 14.4 Å². The minimum atomic E-state index is -0.758. The zero-order chi connectivity index (χ0) is 20.3. The molecule has 0 aromatic heterocycles. The molecule has 2 aromatic rings. The summed E-state index contributed by atoms with van der Waals surface area (Å²) in [4.78, 5) is 49.7. The Labute approximate surface area is 161 Å². The number of hydrogen-bond donors (Lipinski definition) is 1. The van der Waals surface area contributed by atoms with E-state index in [0.717, 1.165) is 4.90 Å². The summed E-state index contributed by atoms with van der Waals surface area (Å²) in [6, 6.07) is 10.7. The third-order valence-electron chi connectivity index (χ3n) is 4.14. The lowest BCUT2D eigenvalue weighted by Gasteiger charge is -2.14. The fourth-order valence-electron chi connectivity index (χ4n) is 2.75. The van der Waals surface area contributed by atoms with Gasteiger partial charge in [0.2, 0.25) is 0 Å². The monoisotopic (exact) mass is 382 g/mol. The molecule has 0 unspecified atom stereocenters. The molecule has 1 N–H and O–H groups in total. The van der Waals surface area contributed by atoms with Crippen molar-refractivity contribution in [3.63, 3.8) is 0 Å². The van der Waals surface area contributed by atoms with E-state index in [9.17, 15) is 19.2 Å². The Hall–Kier alpha value is -3.68. The summed E-state index contributed by atoms with van der Waals surface area (Å²) in [7, 11) is 1.42. The lowest BCUT2D eigenvalue weighted by atomic mass is 10.1. The number of fused-ring (bicyclic) bond motifs is 1. The second-order valence-electron chi connectivity index (χ2n) is 5.88. The normalized spacial score (nSPS) is 12.6. The number of nitrogens with zero attached hydrogens (tertiary/aromatic N) is 1. The van der Waals surface area contributed by atoms with Crippen molar-refractivity contribution >= 4 is 29.4 Å². The number of nitrogens with one attached hydrogen (secondary N) is 1. The number of ether oxygens (including phenoxy) is 2. The van der Waals surface area contributed by atoms with Crippen LogP contribution in [0.3, 0.4) is 0 Å². The number of amides is 3. The summed E-state index contributed by atoms with van der Waals surface area (Å²) >= 11 is 0. The van der Waals surface area contributed by atoms with Crippen molar-refractivity contribution in [2.75, 3.05) is 25.2 Å². The maximum absolute atomic E-state index is 12.8. The van der Waals surface area contributed by atoms with Crippen LogP contribution in [-0.4, -0.2) is 44.0 Å². The number of benzene rings is 2. The van der Waals surface area contributed by atoms with Crippen molar-refractivity contribution in [3.8, 4) is 5.75 Å². The summed E-state index contributed by atoms with van der Waals surface area (Å²) in [5, 5.41) is 2.33. The molecular formula is C20H18N2O6. The standard InChI is InChI=1S/C20H18N2O6/c1-3-27-14-7-5-13(6-8-14)22-18(24)15-9-4-12(10-16(15)19(22)25)20(26)28-11-17(23)21-2/h4-10H,3,11H2,1-2H3,(H,21,23). The number of imide groups is 1. The molecule has 8 nitrogen and oxygen atoms in total. The van der Waals surface area contributed by atoms with E-state index in [2.05, 4.69) is 5.32 Å². The molecule has 1 heterocycles. The van der Waals surface area contributed by atoms with Crippen LogP contribution >= 0.6 is 0 Å². The molecule has 1 aliphatic rings. The van der Waals surface area contributed by atoms with Crippen LogP contribution in [0.2, 0.25) is 0 Å². The van der Waals surface area contributed by atoms with Gasteiger partial charge in [-0.2, -0.15) is 0 Å². The van der Waals surface area contributed by atoms with E-state index in [1.165, 1.54) is 25.2 Å². The van der Waals surface area contributed by atoms with E-state index in [0.29, 0.717) is 18.0 Å². The van der Waals surface area contributed by atoms with Crippen molar-refractivity contribution in [2.24, 2.45) is 0 Å². The van der Waals surface area contributed by atoms with E-state index in [1.807, 2.05) is 6.92 Å². The molecule has 3 rings (SSSR count). The average molecular weight is 382 g/mol. The van der Waals surface area contributed by atoms with E-state index in [-0.39, 0.29) is 16.7 Å². The average Bonchev–Trinajstić information content (AvgIpc) is 2.96. The Morgan fingerprint density at radius 3 is 2.32 bits per heavy atom. The molecule has 0 spiro atoms. The Morgan fingerprint density at radius 2 is 1.68 bits per heavy atom. The van der Waals surface area contributed by atoms with E-state index in [4.69, 9.17) is 9.47 Å². The molecule has 0 bridgehead atoms. The van der Waals surface area contributed by atoms with Crippen LogP contribution in [0, 0.1) is 0 Å². The molecule has 0 aliphatic carbocycles. The number of hydrogen-bond acceptors (Lipinski definition) is 6. The van der Waals surface area contributed by atoms with Gasteiger partial charge in [0.15, 0.2) is 6.61 Å². The van der Waals surface area contributed by atoms with Crippen molar-refractivity contribution in [3.05, 3.63) is 59.2 Å². The third kappa shape index (κ3) is 3.57. The minimum absolute atomic E-state index is 0.0809. The summed E-state index contributed by atoms with van der Waals surface area (Å²) in [5.41, 5.74) is 0.783. The Balaban J connectivity index is 1.83. The molecule has 2 aromatic carbocycles. The van der Waals surface area contributed by atoms with Gasteiger partial charge in [-0.25, -0.2) is 9.69 Å². The van der Waals surface area contributed by atoms with Gasteiger partial charge in [0.05, 0.1) is 29.0 Å². The minimum Gasteiger partial charge on any atom is -0.494 e. The molecule has 3 amide bonds. The first-order valence-corrected chi connectivity index (χ1v) is 8.59. The van der Waals surface area contributed by atoms with Gasteiger partial charge in [0.25, 0.3) is 17.7 Å². The fraction of sp³-hybridized carbons (Fsp3) is 0.200. The van der Waals surface area contributed by atoms with Gasteiger partial charge < -0.3 is 14.8 Å². The molecule has 144 valence electrons. The number of anilines is 1. The quantitative estimate of drug-likeness (QED) is 0.604. The number of carbonyl (C=O) groups is 4. The number of esters is 1. The zero-order valence-electron chi connectivity index (χ0n) is 15.4. The zero-order valence-corrected chi connectivity index (χ0v) is 15.4. The highest BCUT2D eigenvalue weighted by Gasteiger charge is 2.37. The smallest absolute Gasteiger partial charge is 0.338 e. The maximum atomic E-state index is 12.8. The summed E-state index contributed by atoms with van der Waals surface area (Å²) in [5.74, 6) is -1.60. The Kier molecular flexibility index (Phi) is 5.39. The SMILES string of the molecule is CCOc1ccc(N2C(=O)c3ccc(C(=O)OCC(=O)NC)cc3C2=O)cc1. The lowest BCUT2D eigenvalue weighted by molar-refractivity contribution is -0.123. The molecular weight excluding hydrogens is 364 g/mol. The van der Waals surface area contributed by atoms with Gasteiger partial charge in [0, 0.05) is 7.05 Å². The first-order valence-electron chi connectivity index (χ1n) is 8.59. The van der Waals surface area contributed by atoms with Crippen LogP contribution in [0.4, 0.5) is 5.69 Å². The van der Waals surface area contributed by atoms with Gasteiger partial charge in [-0.05, 0) is 49.4 Å². The fourth-order valence-corrected chi connectivity index (χ4v) is 2.75. The number of carbonyl (C=O) groups excluding carboxylic acids is 4. The van der Waals surface area contributed by atoms with E-state index < -0.39 is 30.3 Å². The second kappa shape index (κ2) is 7.91. The van der Waals surface area contributed by atoms with E-state index >= 15 is 0 Å². The van der Waals surface area contributed by atoms with Gasteiger partial charge in [-0.1, -0.05) is 0 Å². The third-order valence-corrected chi connectivity index (χ3v) is 4.14. The summed E-state index contributed by atoms with van der Waals surface area (Å²) in [6.07, 6.45) is 0.